The van der Waals surface area contributed by atoms with Gasteiger partial charge in [0, 0.05) is 18.2 Å². The van der Waals surface area contributed by atoms with Gasteiger partial charge in [-0.25, -0.2) is 0 Å². The number of fused-ring (bicyclic) bond motifs is 1. The van der Waals surface area contributed by atoms with Gasteiger partial charge in [-0.05, 0) is 36.6 Å². The normalized spacial score (nSPS) is 12.6. The van der Waals surface area contributed by atoms with Crippen LogP contribution in [0.25, 0.3) is 10.8 Å². The van der Waals surface area contributed by atoms with Crippen LogP contribution in [0.5, 0.6) is 5.75 Å². The maximum Gasteiger partial charge on any atom is 0.124 e. The molecule has 0 spiro atoms. The van der Waals surface area contributed by atoms with E-state index < -0.39 is 0 Å². The van der Waals surface area contributed by atoms with Gasteiger partial charge in [-0.15, -0.1) is 0 Å². The van der Waals surface area contributed by atoms with Crippen molar-refractivity contribution >= 4 is 10.8 Å². The molecule has 0 fully saturated rings. The standard InChI is InChI=1S/C18H25NO/c1-4-12-20-18-11-10-15-8-6-7-9-16(15)17(18)13-19-14(3)5-2/h6-11,14,19H,4-5,12-13H2,1-3H3. The van der Waals surface area contributed by atoms with Gasteiger partial charge in [0.2, 0.25) is 0 Å². The van der Waals surface area contributed by atoms with Crippen molar-refractivity contribution < 1.29 is 4.74 Å². The minimum Gasteiger partial charge on any atom is -0.493 e. The summed E-state index contributed by atoms with van der Waals surface area (Å²) in [7, 11) is 0. The van der Waals surface area contributed by atoms with Gasteiger partial charge < -0.3 is 10.1 Å². The second-order valence-electron chi connectivity index (χ2n) is 5.30. The van der Waals surface area contributed by atoms with E-state index in [-0.39, 0.29) is 0 Å². The SMILES string of the molecule is CCCOc1ccc2ccccc2c1CNC(C)CC. The summed E-state index contributed by atoms with van der Waals surface area (Å²) in [6, 6.07) is 13.3. The molecular formula is C18H25NO. The van der Waals surface area contributed by atoms with E-state index in [1.165, 1.54) is 16.3 Å². The van der Waals surface area contributed by atoms with Crippen LogP contribution in [0.3, 0.4) is 0 Å². The minimum atomic E-state index is 0.521. The molecule has 0 aliphatic rings. The number of hydrogen-bond donors (Lipinski definition) is 1. The molecule has 2 aromatic carbocycles. The summed E-state index contributed by atoms with van der Waals surface area (Å²) in [5.41, 5.74) is 1.27. The Hall–Kier alpha value is -1.54. The smallest absolute Gasteiger partial charge is 0.124 e. The molecule has 1 atom stereocenters. The molecule has 0 aromatic heterocycles. The predicted molar refractivity (Wildman–Crippen MR) is 86.3 cm³/mol. The number of ether oxygens (including phenoxy) is 1. The number of rotatable bonds is 7. The van der Waals surface area contributed by atoms with E-state index in [9.17, 15) is 0 Å². The molecule has 2 nitrogen and oxygen atoms in total. The molecule has 1 unspecified atom stereocenters. The highest BCUT2D eigenvalue weighted by Gasteiger charge is 2.09. The first-order chi connectivity index (χ1) is 9.76. The van der Waals surface area contributed by atoms with E-state index in [1.54, 1.807) is 0 Å². The van der Waals surface area contributed by atoms with E-state index in [0.717, 1.165) is 31.7 Å². The van der Waals surface area contributed by atoms with E-state index in [1.807, 2.05) is 0 Å². The van der Waals surface area contributed by atoms with Gasteiger partial charge in [0.1, 0.15) is 5.75 Å². The van der Waals surface area contributed by atoms with Crippen LogP contribution in [0.1, 0.15) is 39.2 Å². The maximum absolute atomic E-state index is 5.92. The van der Waals surface area contributed by atoms with Crippen LogP contribution in [0.15, 0.2) is 36.4 Å². The van der Waals surface area contributed by atoms with Crippen LogP contribution in [0.2, 0.25) is 0 Å². The summed E-state index contributed by atoms with van der Waals surface area (Å²) in [6.07, 6.45) is 2.17. The van der Waals surface area contributed by atoms with Crippen molar-refractivity contribution in [1.29, 1.82) is 0 Å². The monoisotopic (exact) mass is 271 g/mol. The summed E-state index contributed by atoms with van der Waals surface area (Å²) in [6.45, 7) is 8.19. The van der Waals surface area contributed by atoms with Crippen molar-refractivity contribution in [3.05, 3.63) is 42.0 Å². The Bertz CT molecular complexity index is 550. The molecule has 2 aromatic rings. The predicted octanol–water partition coefficient (Wildman–Crippen LogP) is 4.52. The molecule has 0 saturated carbocycles. The van der Waals surface area contributed by atoms with E-state index in [2.05, 4.69) is 62.5 Å². The first-order valence-electron chi connectivity index (χ1n) is 7.63. The lowest BCUT2D eigenvalue weighted by Crippen LogP contribution is -2.24. The molecule has 108 valence electrons. The molecule has 0 aliphatic carbocycles. The Labute approximate surface area is 122 Å². The third kappa shape index (κ3) is 3.51. The molecule has 20 heavy (non-hydrogen) atoms. The van der Waals surface area contributed by atoms with Crippen LogP contribution in [-0.4, -0.2) is 12.6 Å². The van der Waals surface area contributed by atoms with Gasteiger partial charge in [-0.1, -0.05) is 44.2 Å². The zero-order chi connectivity index (χ0) is 14.4. The summed E-state index contributed by atoms with van der Waals surface area (Å²) in [5.74, 6) is 1.02. The summed E-state index contributed by atoms with van der Waals surface area (Å²) in [4.78, 5) is 0. The van der Waals surface area contributed by atoms with Crippen LogP contribution >= 0.6 is 0 Å². The molecule has 1 N–H and O–H groups in total. The first kappa shape index (κ1) is 14.9. The Morgan fingerprint density at radius 2 is 1.90 bits per heavy atom. The molecule has 0 heterocycles. The molecular weight excluding hydrogens is 246 g/mol. The highest BCUT2D eigenvalue weighted by molar-refractivity contribution is 5.87. The van der Waals surface area contributed by atoms with Crippen molar-refractivity contribution in [1.82, 2.24) is 5.32 Å². The zero-order valence-electron chi connectivity index (χ0n) is 12.8. The van der Waals surface area contributed by atoms with Gasteiger partial charge >= 0.3 is 0 Å². The van der Waals surface area contributed by atoms with Crippen LogP contribution in [-0.2, 0) is 6.54 Å². The Morgan fingerprint density at radius 1 is 1.10 bits per heavy atom. The van der Waals surface area contributed by atoms with Gasteiger partial charge in [-0.3, -0.25) is 0 Å². The van der Waals surface area contributed by atoms with E-state index in [4.69, 9.17) is 4.74 Å². The fraction of sp³-hybridized carbons (Fsp3) is 0.444. The lowest BCUT2D eigenvalue weighted by molar-refractivity contribution is 0.313. The maximum atomic E-state index is 5.92. The Balaban J connectivity index is 2.33. The largest absolute Gasteiger partial charge is 0.493 e. The lowest BCUT2D eigenvalue weighted by atomic mass is 10.0. The molecule has 2 rings (SSSR count). The molecule has 0 bridgehead atoms. The second kappa shape index (κ2) is 7.30. The van der Waals surface area contributed by atoms with Crippen molar-refractivity contribution in [2.75, 3.05) is 6.61 Å². The first-order valence-corrected chi connectivity index (χ1v) is 7.63. The second-order valence-corrected chi connectivity index (χ2v) is 5.30. The topological polar surface area (TPSA) is 21.3 Å². The molecule has 2 heteroatoms. The van der Waals surface area contributed by atoms with E-state index in [0.29, 0.717) is 6.04 Å². The fourth-order valence-electron chi connectivity index (χ4n) is 2.27. The number of hydrogen-bond acceptors (Lipinski definition) is 2. The quantitative estimate of drug-likeness (QED) is 0.799. The average Bonchev–Trinajstić information content (AvgIpc) is 2.50. The summed E-state index contributed by atoms with van der Waals surface area (Å²) < 4.78 is 5.92. The summed E-state index contributed by atoms with van der Waals surface area (Å²) >= 11 is 0. The van der Waals surface area contributed by atoms with Gasteiger partial charge in [0.05, 0.1) is 6.61 Å². The molecule has 0 radical (unpaired) electrons. The summed E-state index contributed by atoms with van der Waals surface area (Å²) in [5, 5.41) is 6.14. The Kier molecular flexibility index (Phi) is 5.42. The molecule has 0 aliphatic heterocycles. The highest BCUT2D eigenvalue weighted by atomic mass is 16.5. The third-order valence-corrected chi connectivity index (χ3v) is 3.70. The van der Waals surface area contributed by atoms with Gasteiger partial charge in [0.25, 0.3) is 0 Å². The van der Waals surface area contributed by atoms with Crippen LogP contribution in [0.4, 0.5) is 0 Å². The Morgan fingerprint density at radius 3 is 2.65 bits per heavy atom. The van der Waals surface area contributed by atoms with Crippen molar-refractivity contribution in [2.45, 2.75) is 46.2 Å². The number of benzene rings is 2. The van der Waals surface area contributed by atoms with Crippen molar-refractivity contribution in [3.63, 3.8) is 0 Å². The third-order valence-electron chi connectivity index (χ3n) is 3.70. The van der Waals surface area contributed by atoms with Crippen LogP contribution < -0.4 is 10.1 Å². The average molecular weight is 271 g/mol. The zero-order valence-corrected chi connectivity index (χ0v) is 12.8. The van der Waals surface area contributed by atoms with Crippen LogP contribution in [0, 0.1) is 0 Å². The molecule has 0 saturated heterocycles. The van der Waals surface area contributed by atoms with Gasteiger partial charge in [-0.2, -0.15) is 0 Å². The fourth-order valence-corrected chi connectivity index (χ4v) is 2.27. The van der Waals surface area contributed by atoms with Crippen molar-refractivity contribution in [2.24, 2.45) is 0 Å². The van der Waals surface area contributed by atoms with Crippen molar-refractivity contribution in [3.8, 4) is 5.75 Å². The lowest BCUT2D eigenvalue weighted by Gasteiger charge is -2.17. The molecule has 0 amide bonds. The van der Waals surface area contributed by atoms with Gasteiger partial charge in [0.15, 0.2) is 0 Å². The number of nitrogens with one attached hydrogen (secondary N) is 1. The highest BCUT2D eigenvalue weighted by Crippen LogP contribution is 2.28. The minimum absolute atomic E-state index is 0.521. The van der Waals surface area contributed by atoms with E-state index >= 15 is 0 Å².